The van der Waals surface area contributed by atoms with Crippen molar-refractivity contribution in [3.8, 4) is 11.4 Å². The van der Waals surface area contributed by atoms with Crippen LogP contribution in [-0.2, 0) is 11.2 Å². The number of carbonyl (C=O) groups excluding carboxylic acids is 1. The predicted octanol–water partition coefficient (Wildman–Crippen LogP) is 4.48. The largest absolute Gasteiger partial charge is 0.342 e. The SMILES string of the molecule is O=C(CCc1ccccc1)N1CCCC(c2ccnc(-c3ccccc3)n2)C1. The summed E-state index contributed by atoms with van der Waals surface area (Å²) >= 11 is 0. The molecule has 1 aliphatic heterocycles. The first-order valence-corrected chi connectivity index (χ1v) is 9.99. The molecule has 1 saturated heterocycles. The number of hydrogen-bond donors (Lipinski definition) is 0. The Bertz CT molecular complexity index is 911. The molecule has 2 heterocycles. The molecule has 4 nitrogen and oxygen atoms in total. The van der Waals surface area contributed by atoms with Crippen molar-refractivity contribution in [2.75, 3.05) is 13.1 Å². The summed E-state index contributed by atoms with van der Waals surface area (Å²) in [6.45, 7) is 1.60. The Morgan fingerprint density at radius 3 is 2.54 bits per heavy atom. The predicted molar refractivity (Wildman–Crippen MR) is 111 cm³/mol. The van der Waals surface area contributed by atoms with E-state index < -0.39 is 0 Å². The van der Waals surface area contributed by atoms with Crippen LogP contribution in [0.3, 0.4) is 0 Å². The summed E-state index contributed by atoms with van der Waals surface area (Å²) in [5, 5.41) is 0. The highest BCUT2D eigenvalue weighted by Crippen LogP contribution is 2.27. The fourth-order valence-electron chi connectivity index (χ4n) is 3.83. The van der Waals surface area contributed by atoms with Gasteiger partial charge in [0.2, 0.25) is 5.91 Å². The van der Waals surface area contributed by atoms with E-state index in [1.807, 2.05) is 65.7 Å². The molecule has 1 amide bonds. The Morgan fingerprint density at radius 2 is 1.75 bits per heavy atom. The van der Waals surface area contributed by atoms with Crippen molar-refractivity contribution in [2.45, 2.75) is 31.6 Å². The molecule has 0 radical (unpaired) electrons. The van der Waals surface area contributed by atoms with E-state index in [2.05, 4.69) is 17.1 Å². The highest BCUT2D eigenvalue weighted by molar-refractivity contribution is 5.76. The molecule has 0 spiro atoms. The van der Waals surface area contributed by atoms with Gasteiger partial charge in [0.05, 0.1) is 0 Å². The monoisotopic (exact) mass is 371 g/mol. The first-order chi connectivity index (χ1) is 13.8. The Kier molecular flexibility index (Phi) is 5.76. The topological polar surface area (TPSA) is 46.1 Å². The smallest absolute Gasteiger partial charge is 0.222 e. The van der Waals surface area contributed by atoms with Gasteiger partial charge in [-0.05, 0) is 30.9 Å². The first kappa shape index (κ1) is 18.4. The summed E-state index contributed by atoms with van der Waals surface area (Å²) in [5.74, 6) is 1.27. The lowest BCUT2D eigenvalue weighted by Crippen LogP contribution is -2.39. The molecule has 0 aliphatic carbocycles. The van der Waals surface area contributed by atoms with Crippen LogP contribution in [-0.4, -0.2) is 33.9 Å². The van der Waals surface area contributed by atoms with Gasteiger partial charge in [0.15, 0.2) is 5.82 Å². The molecule has 1 fully saturated rings. The van der Waals surface area contributed by atoms with Gasteiger partial charge in [0.25, 0.3) is 0 Å². The average Bonchev–Trinajstić information content (AvgIpc) is 2.79. The van der Waals surface area contributed by atoms with Gasteiger partial charge >= 0.3 is 0 Å². The molecule has 28 heavy (non-hydrogen) atoms. The molecule has 1 aromatic heterocycles. The Balaban J connectivity index is 1.42. The normalized spacial score (nSPS) is 16.7. The summed E-state index contributed by atoms with van der Waals surface area (Å²) in [6.07, 6.45) is 5.28. The molecule has 0 bridgehead atoms. The summed E-state index contributed by atoms with van der Waals surface area (Å²) in [4.78, 5) is 24.0. The number of benzene rings is 2. The van der Waals surface area contributed by atoms with Gasteiger partial charge < -0.3 is 4.90 Å². The van der Waals surface area contributed by atoms with Crippen LogP contribution in [0.25, 0.3) is 11.4 Å². The van der Waals surface area contributed by atoms with Gasteiger partial charge in [-0.2, -0.15) is 0 Å². The molecular weight excluding hydrogens is 346 g/mol. The zero-order chi connectivity index (χ0) is 19.2. The van der Waals surface area contributed by atoms with Crippen molar-refractivity contribution in [3.05, 3.63) is 84.2 Å². The molecule has 4 heteroatoms. The summed E-state index contributed by atoms with van der Waals surface area (Å²) < 4.78 is 0. The maximum absolute atomic E-state index is 12.7. The fraction of sp³-hybridized carbons (Fsp3) is 0.292. The van der Waals surface area contributed by atoms with Gasteiger partial charge in [-0.1, -0.05) is 60.7 Å². The van der Waals surface area contributed by atoms with Crippen molar-refractivity contribution in [2.24, 2.45) is 0 Å². The number of piperidine rings is 1. The van der Waals surface area contributed by atoms with Gasteiger partial charge in [0.1, 0.15) is 0 Å². The maximum Gasteiger partial charge on any atom is 0.222 e. The van der Waals surface area contributed by atoms with Gasteiger partial charge in [-0.25, -0.2) is 9.97 Å². The number of hydrogen-bond acceptors (Lipinski definition) is 3. The number of likely N-dealkylation sites (tertiary alicyclic amines) is 1. The van der Waals surface area contributed by atoms with Crippen LogP contribution >= 0.6 is 0 Å². The number of rotatable bonds is 5. The standard InChI is InChI=1S/C24H25N3O/c28-23(14-13-19-8-3-1-4-9-19)27-17-7-12-21(18-27)22-15-16-25-24(26-22)20-10-5-2-6-11-20/h1-6,8-11,15-16,21H,7,12-14,17-18H2. The first-order valence-electron chi connectivity index (χ1n) is 9.99. The van der Waals surface area contributed by atoms with E-state index in [0.29, 0.717) is 6.42 Å². The minimum absolute atomic E-state index is 0.242. The summed E-state index contributed by atoms with van der Waals surface area (Å²) in [7, 11) is 0. The number of aromatic nitrogens is 2. The zero-order valence-corrected chi connectivity index (χ0v) is 16.0. The van der Waals surface area contributed by atoms with Crippen LogP contribution < -0.4 is 0 Å². The third-order valence-corrected chi connectivity index (χ3v) is 5.37. The number of carbonyl (C=O) groups is 1. The van der Waals surface area contributed by atoms with E-state index in [1.165, 1.54) is 5.56 Å². The van der Waals surface area contributed by atoms with Crippen LogP contribution in [0.5, 0.6) is 0 Å². The van der Waals surface area contributed by atoms with Gasteiger partial charge in [-0.15, -0.1) is 0 Å². The highest BCUT2D eigenvalue weighted by atomic mass is 16.2. The zero-order valence-electron chi connectivity index (χ0n) is 16.0. The Labute approximate surface area is 166 Å². The molecule has 0 N–H and O–H groups in total. The second-order valence-electron chi connectivity index (χ2n) is 7.34. The van der Waals surface area contributed by atoms with Crippen molar-refractivity contribution < 1.29 is 4.79 Å². The van der Waals surface area contributed by atoms with Gasteiger partial charge in [0, 0.05) is 42.9 Å². The van der Waals surface area contributed by atoms with Crippen LogP contribution in [0.4, 0.5) is 0 Å². The quantitative estimate of drug-likeness (QED) is 0.664. The molecule has 3 aromatic rings. The second kappa shape index (κ2) is 8.79. The minimum atomic E-state index is 0.242. The average molecular weight is 371 g/mol. The molecule has 2 aromatic carbocycles. The minimum Gasteiger partial charge on any atom is -0.342 e. The third-order valence-electron chi connectivity index (χ3n) is 5.37. The van der Waals surface area contributed by atoms with E-state index in [1.54, 1.807) is 0 Å². The number of aryl methyl sites for hydroxylation is 1. The van der Waals surface area contributed by atoms with E-state index >= 15 is 0 Å². The fourth-order valence-corrected chi connectivity index (χ4v) is 3.83. The molecular formula is C24H25N3O. The molecule has 1 aliphatic rings. The Hall–Kier alpha value is -3.01. The van der Waals surface area contributed by atoms with Crippen molar-refractivity contribution in [1.82, 2.24) is 14.9 Å². The van der Waals surface area contributed by atoms with Crippen LogP contribution in [0.2, 0.25) is 0 Å². The van der Waals surface area contributed by atoms with Crippen LogP contribution in [0.1, 0.15) is 36.4 Å². The number of nitrogens with zero attached hydrogens (tertiary/aromatic N) is 3. The van der Waals surface area contributed by atoms with Crippen LogP contribution in [0, 0.1) is 0 Å². The van der Waals surface area contributed by atoms with Crippen LogP contribution in [0.15, 0.2) is 72.9 Å². The van der Waals surface area contributed by atoms with Crippen molar-refractivity contribution >= 4 is 5.91 Å². The van der Waals surface area contributed by atoms with Crippen molar-refractivity contribution in [3.63, 3.8) is 0 Å². The van der Waals surface area contributed by atoms with Crippen molar-refractivity contribution in [1.29, 1.82) is 0 Å². The molecule has 1 unspecified atom stereocenters. The number of amides is 1. The molecule has 1 atom stereocenters. The molecule has 4 rings (SSSR count). The van der Waals surface area contributed by atoms with E-state index in [0.717, 1.165) is 49.4 Å². The maximum atomic E-state index is 12.7. The lowest BCUT2D eigenvalue weighted by molar-refractivity contribution is -0.132. The Morgan fingerprint density at radius 1 is 1.00 bits per heavy atom. The highest BCUT2D eigenvalue weighted by Gasteiger charge is 2.25. The van der Waals surface area contributed by atoms with Gasteiger partial charge in [-0.3, -0.25) is 4.79 Å². The second-order valence-corrected chi connectivity index (χ2v) is 7.34. The third kappa shape index (κ3) is 4.45. The lowest BCUT2D eigenvalue weighted by atomic mass is 9.94. The summed E-state index contributed by atoms with van der Waals surface area (Å²) in [6, 6.07) is 22.3. The van der Waals surface area contributed by atoms with E-state index in [4.69, 9.17) is 4.98 Å². The van der Waals surface area contributed by atoms with E-state index in [9.17, 15) is 4.79 Å². The lowest BCUT2D eigenvalue weighted by Gasteiger charge is -2.32. The summed E-state index contributed by atoms with van der Waals surface area (Å²) in [5.41, 5.74) is 3.28. The van der Waals surface area contributed by atoms with E-state index in [-0.39, 0.29) is 11.8 Å². The molecule has 142 valence electrons. The molecule has 0 saturated carbocycles.